The van der Waals surface area contributed by atoms with E-state index in [1.165, 1.54) is 12.1 Å². The highest BCUT2D eigenvalue weighted by molar-refractivity contribution is 6.06. The third-order valence-corrected chi connectivity index (χ3v) is 2.73. The number of carbonyl (C=O) groups excluding carboxylic acids is 1. The van der Waals surface area contributed by atoms with E-state index in [9.17, 15) is 9.90 Å². The van der Waals surface area contributed by atoms with Crippen LogP contribution < -0.4 is 10.1 Å². The van der Waals surface area contributed by atoms with E-state index in [2.05, 4.69) is 11.9 Å². The molecule has 2 N–H and O–H groups in total. The summed E-state index contributed by atoms with van der Waals surface area (Å²) in [6, 6.07) is 13.3. The van der Waals surface area contributed by atoms with Gasteiger partial charge in [-0.1, -0.05) is 18.7 Å². The minimum atomic E-state index is -0.266. The highest BCUT2D eigenvalue weighted by Gasteiger charge is 2.12. The highest BCUT2D eigenvalue weighted by atomic mass is 16.5. The Balaban J connectivity index is 2.14. The van der Waals surface area contributed by atoms with Gasteiger partial charge >= 0.3 is 0 Å². The Labute approximate surface area is 123 Å². The van der Waals surface area contributed by atoms with E-state index >= 15 is 0 Å². The molecule has 0 aromatic heterocycles. The summed E-state index contributed by atoms with van der Waals surface area (Å²) in [5.74, 6) is 0.396. The molecular weight excluding hydrogens is 266 g/mol. The van der Waals surface area contributed by atoms with E-state index in [0.29, 0.717) is 23.6 Å². The van der Waals surface area contributed by atoms with Gasteiger partial charge in [-0.3, -0.25) is 4.79 Å². The Morgan fingerprint density at radius 1 is 1.19 bits per heavy atom. The van der Waals surface area contributed by atoms with Gasteiger partial charge in [-0.15, -0.1) is 0 Å². The molecule has 21 heavy (non-hydrogen) atoms. The van der Waals surface area contributed by atoms with E-state index in [-0.39, 0.29) is 11.7 Å². The summed E-state index contributed by atoms with van der Waals surface area (Å²) in [6.45, 7) is 6.00. The smallest absolute Gasteiger partial charge is 0.259 e. The number of hydrogen-bond acceptors (Lipinski definition) is 3. The quantitative estimate of drug-likeness (QED) is 0.651. The number of phenols is 1. The van der Waals surface area contributed by atoms with Crippen LogP contribution in [0.4, 0.5) is 5.69 Å². The van der Waals surface area contributed by atoms with Crippen LogP contribution in [0.5, 0.6) is 11.5 Å². The van der Waals surface area contributed by atoms with E-state index in [1.807, 2.05) is 13.0 Å². The molecule has 1 amide bonds. The number of carbonyl (C=O) groups is 1. The van der Waals surface area contributed by atoms with E-state index in [0.717, 1.165) is 5.57 Å². The lowest BCUT2D eigenvalue weighted by molar-refractivity contribution is 0.102. The molecule has 2 aromatic rings. The van der Waals surface area contributed by atoms with Crippen molar-refractivity contribution >= 4 is 11.6 Å². The second-order valence-corrected chi connectivity index (χ2v) is 4.74. The third-order valence-electron chi connectivity index (χ3n) is 2.73. The van der Waals surface area contributed by atoms with Crippen LogP contribution in [0.25, 0.3) is 0 Å². The summed E-state index contributed by atoms with van der Waals surface area (Å²) < 4.78 is 5.58. The van der Waals surface area contributed by atoms with Gasteiger partial charge in [-0.2, -0.15) is 0 Å². The molecule has 4 nitrogen and oxygen atoms in total. The predicted molar refractivity (Wildman–Crippen MR) is 82.8 cm³/mol. The summed E-state index contributed by atoms with van der Waals surface area (Å²) in [6.07, 6.45) is 0. The van der Waals surface area contributed by atoms with E-state index < -0.39 is 0 Å². The molecule has 0 saturated carbocycles. The lowest BCUT2D eigenvalue weighted by Gasteiger charge is -2.11. The summed E-state index contributed by atoms with van der Waals surface area (Å²) in [5, 5.41) is 12.0. The van der Waals surface area contributed by atoms with Crippen LogP contribution in [0.15, 0.2) is 60.7 Å². The fourth-order valence-corrected chi connectivity index (χ4v) is 1.72. The van der Waals surface area contributed by atoms with Gasteiger partial charge < -0.3 is 15.2 Å². The van der Waals surface area contributed by atoms with Crippen LogP contribution in [0, 0.1) is 0 Å². The minimum absolute atomic E-state index is 0.151. The maximum absolute atomic E-state index is 12.3. The third kappa shape index (κ3) is 4.11. The van der Waals surface area contributed by atoms with Crippen molar-refractivity contribution in [3.8, 4) is 11.5 Å². The molecule has 0 aliphatic carbocycles. The fraction of sp³-hybridized carbons (Fsp3) is 0.118. The first-order valence-electron chi connectivity index (χ1n) is 6.53. The minimum Gasteiger partial charge on any atom is -0.508 e. The Morgan fingerprint density at radius 2 is 1.86 bits per heavy atom. The van der Waals surface area contributed by atoms with Crippen molar-refractivity contribution in [3.63, 3.8) is 0 Å². The molecule has 0 spiro atoms. The van der Waals surface area contributed by atoms with Crippen LogP contribution >= 0.6 is 0 Å². The molecule has 108 valence electrons. The highest BCUT2D eigenvalue weighted by Crippen LogP contribution is 2.21. The van der Waals surface area contributed by atoms with Gasteiger partial charge in [0.25, 0.3) is 5.91 Å². The largest absolute Gasteiger partial charge is 0.508 e. The average molecular weight is 283 g/mol. The normalized spacial score (nSPS) is 9.95. The molecular formula is C17H17NO3. The van der Waals surface area contributed by atoms with Crippen LogP contribution in [0.1, 0.15) is 17.3 Å². The zero-order valence-electron chi connectivity index (χ0n) is 11.8. The van der Waals surface area contributed by atoms with Gasteiger partial charge in [0, 0.05) is 5.69 Å². The first-order valence-corrected chi connectivity index (χ1v) is 6.53. The van der Waals surface area contributed by atoms with Crippen LogP contribution in [-0.4, -0.2) is 17.6 Å². The van der Waals surface area contributed by atoms with Crippen molar-refractivity contribution < 1.29 is 14.6 Å². The lowest BCUT2D eigenvalue weighted by Crippen LogP contribution is -2.14. The zero-order valence-corrected chi connectivity index (χ0v) is 11.8. The summed E-state index contributed by atoms with van der Waals surface area (Å²) in [5.41, 5.74) is 1.93. The number of amides is 1. The molecule has 2 aromatic carbocycles. The Hall–Kier alpha value is -2.75. The summed E-state index contributed by atoms with van der Waals surface area (Å²) in [7, 11) is 0. The second kappa shape index (κ2) is 6.61. The Morgan fingerprint density at radius 3 is 2.52 bits per heavy atom. The number of nitrogens with one attached hydrogen (secondary N) is 1. The maximum Gasteiger partial charge on any atom is 0.259 e. The van der Waals surface area contributed by atoms with Gasteiger partial charge in [0.2, 0.25) is 0 Å². The maximum atomic E-state index is 12.3. The molecule has 0 aliphatic rings. The van der Waals surface area contributed by atoms with Crippen molar-refractivity contribution in [2.75, 3.05) is 11.9 Å². The number of hydrogen-bond donors (Lipinski definition) is 2. The second-order valence-electron chi connectivity index (χ2n) is 4.74. The SMILES string of the molecule is C=C(C)COc1ccccc1C(=O)Nc1ccc(O)cc1. The molecule has 0 fully saturated rings. The standard InChI is InChI=1S/C17H17NO3/c1-12(2)11-21-16-6-4-3-5-15(16)17(20)18-13-7-9-14(19)10-8-13/h3-10,19H,1,11H2,2H3,(H,18,20). The molecule has 0 atom stereocenters. The number of anilines is 1. The van der Waals surface area contributed by atoms with Crippen molar-refractivity contribution in [1.82, 2.24) is 0 Å². The summed E-state index contributed by atoms with van der Waals surface area (Å²) in [4.78, 5) is 12.3. The average Bonchev–Trinajstić information content (AvgIpc) is 2.47. The predicted octanol–water partition coefficient (Wildman–Crippen LogP) is 3.60. The number of benzene rings is 2. The molecule has 0 heterocycles. The molecule has 0 aliphatic heterocycles. The molecule has 0 saturated heterocycles. The van der Waals surface area contributed by atoms with Crippen LogP contribution in [0.2, 0.25) is 0 Å². The zero-order chi connectivity index (χ0) is 15.2. The lowest BCUT2D eigenvalue weighted by atomic mass is 10.2. The van der Waals surface area contributed by atoms with Gasteiger partial charge in [0.05, 0.1) is 5.56 Å². The van der Waals surface area contributed by atoms with Gasteiger partial charge in [-0.25, -0.2) is 0 Å². The van der Waals surface area contributed by atoms with Gasteiger partial charge in [0.1, 0.15) is 18.1 Å². The van der Waals surface area contributed by atoms with Crippen molar-refractivity contribution in [2.45, 2.75) is 6.92 Å². The topological polar surface area (TPSA) is 58.6 Å². The molecule has 2 rings (SSSR count). The number of para-hydroxylation sites is 1. The first kappa shape index (κ1) is 14.7. The number of rotatable bonds is 5. The monoisotopic (exact) mass is 283 g/mol. The first-order chi connectivity index (χ1) is 10.1. The molecule has 0 bridgehead atoms. The van der Waals surface area contributed by atoms with Gasteiger partial charge in [0.15, 0.2) is 0 Å². The van der Waals surface area contributed by atoms with Crippen molar-refractivity contribution in [3.05, 3.63) is 66.2 Å². The molecule has 0 radical (unpaired) electrons. The number of aromatic hydroxyl groups is 1. The van der Waals surface area contributed by atoms with E-state index in [1.54, 1.807) is 30.3 Å². The van der Waals surface area contributed by atoms with Crippen LogP contribution in [0.3, 0.4) is 0 Å². The Kier molecular flexibility index (Phi) is 4.61. The number of phenolic OH excluding ortho intramolecular Hbond substituents is 1. The molecule has 4 heteroatoms. The number of ether oxygens (including phenoxy) is 1. The molecule has 0 unspecified atom stereocenters. The Bertz CT molecular complexity index is 647. The summed E-state index contributed by atoms with van der Waals surface area (Å²) >= 11 is 0. The van der Waals surface area contributed by atoms with Crippen molar-refractivity contribution in [2.24, 2.45) is 0 Å². The van der Waals surface area contributed by atoms with Gasteiger partial charge in [-0.05, 0) is 48.9 Å². The van der Waals surface area contributed by atoms with Crippen LogP contribution in [-0.2, 0) is 0 Å². The van der Waals surface area contributed by atoms with E-state index in [4.69, 9.17) is 4.74 Å². The van der Waals surface area contributed by atoms with Crippen molar-refractivity contribution in [1.29, 1.82) is 0 Å². The fourth-order valence-electron chi connectivity index (χ4n) is 1.72.